The van der Waals surface area contributed by atoms with E-state index in [0.717, 1.165) is 33.9 Å². The van der Waals surface area contributed by atoms with E-state index < -0.39 is 5.97 Å². The molecule has 0 aliphatic heterocycles. The van der Waals surface area contributed by atoms with Crippen molar-refractivity contribution in [1.82, 2.24) is 9.55 Å². The number of nitrogens with zero attached hydrogens (tertiary/aromatic N) is 2. The molecule has 1 unspecified atom stereocenters. The molecular formula is C15H20N2O2S2. The fourth-order valence-electron chi connectivity index (χ4n) is 2.31. The molecule has 2 rings (SSSR count). The summed E-state index contributed by atoms with van der Waals surface area (Å²) in [4.78, 5) is 15.5. The first-order valence-corrected chi connectivity index (χ1v) is 9.23. The van der Waals surface area contributed by atoms with Gasteiger partial charge in [-0.1, -0.05) is 23.9 Å². The van der Waals surface area contributed by atoms with Crippen molar-refractivity contribution >= 4 is 40.5 Å². The van der Waals surface area contributed by atoms with Crippen LogP contribution in [0.4, 0.5) is 0 Å². The van der Waals surface area contributed by atoms with Gasteiger partial charge in [0.15, 0.2) is 5.16 Å². The zero-order chi connectivity index (χ0) is 15.4. The lowest BCUT2D eigenvalue weighted by molar-refractivity contribution is -0.133. The highest BCUT2D eigenvalue weighted by Gasteiger charge is 2.17. The first kappa shape index (κ1) is 16.2. The van der Waals surface area contributed by atoms with Crippen molar-refractivity contribution in [3.05, 3.63) is 23.8 Å². The van der Waals surface area contributed by atoms with E-state index in [1.54, 1.807) is 0 Å². The monoisotopic (exact) mass is 324 g/mol. The largest absolute Gasteiger partial charge is 0.481 e. The van der Waals surface area contributed by atoms with Crippen LogP contribution in [0.3, 0.4) is 0 Å². The molecule has 0 aliphatic carbocycles. The van der Waals surface area contributed by atoms with Crippen molar-refractivity contribution in [2.75, 3.05) is 17.8 Å². The molecule has 1 aromatic carbocycles. The van der Waals surface area contributed by atoms with Crippen molar-refractivity contribution in [2.45, 2.75) is 31.5 Å². The maximum atomic E-state index is 10.8. The number of benzene rings is 1. The smallest absolute Gasteiger partial charge is 0.313 e. The maximum Gasteiger partial charge on any atom is 0.313 e. The van der Waals surface area contributed by atoms with Crippen LogP contribution in [-0.2, 0) is 4.79 Å². The Morgan fingerprint density at radius 2 is 2.24 bits per heavy atom. The summed E-state index contributed by atoms with van der Waals surface area (Å²) < 4.78 is 2.19. The highest BCUT2D eigenvalue weighted by atomic mass is 32.2. The average molecular weight is 324 g/mol. The number of thioether (sulfide) groups is 2. The van der Waals surface area contributed by atoms with E-state index in [9.17, 15) is 4.79 Å². The Morgan fingerprint density at radius 3 is 2.90 bits per heavy atom. The summed E-state index contributed by atoms with van der Waals surface area (Å²) in [7, 11) is 0. The number of aromatic nitrogens is 2. The van der Waals surface area contributed by atoms with Crippen molar-refractivity contribution in [3.63, 3.8) is 0 Å². The first-order valence-electron chi connectivity index (χ1n) is 6.85. The first-order chi connectivity index (χ1) is 10.0. The standard InChI is InChI=1S/C15H20N2O2S2/c1-10-5-4-6-12-14(10)16-15(21-9-13(18)19)17(12)11(2)7-8-20-3/h4-6,11H,7-9H2,1-3H3,(H,18,19). The minimum absolute atomic E-state index is 0.0393. The topological polar surface area (TPSA) is 55.1 Å². The molecule has 0 aliphatic rings. The quantitative estimate of drug-likeness (QED) is 0.784. The summed E-state index contributed by atoms with van der Waals surface area (Å²) in [5.41, 5.74) is 3.19. The van der Waals surface area contributed by atoms with Crippen LogP contribution >= 0.6 is 23.5 Å². The van der Waals surface area contributed by atoms with Crippen LogP contribution in [0, 0.1) is 6.92 Å². The Morgan fingerprint density at radius 1 is 1.48 bits per heavy atom. The number of fused-ring (bicyclic) bond motifs is 1. The summed E-state index contributed by atoms with van der Waals surface area (Å²) in [6.07, 6.45) is 3.14. The van der Waals surface area contributed by atoms with Crippen LogP contribution in [0.1, 0.15) is 24.9 Å². The van der Waals surface area contributed by atoms with Gasteiger partial charge in [-0.05, 0) is 43.9 Å². The normalized spacial score (nSPS) is 12.7. The molecule has 1 atom stereocenters. The van der Waals surface area contributed by atoms with Gasteiger partial charge in [0.1, 0.15) is 0 Å². The Hall–Kier alpha value is -1.14. The number of aliphatic carboxylic acids is 1. The van der Waals surface area contributed by atoms with Crippen molar-refractivity contribution in [3.8, 4) is 0 Å². The average Bonchev–Trinajstić information content (AvgIpc) is 2.82. The third kappa shape index (κ3) is 3.74. The van der Waals surface area contributed by atoms with Crippen LogP contribution < -0.4 is 0 Å². The van der Waals surface area contributed by atoms with Gasteiger partial charge in [0.25, 0.3) is 0 Å². The molecule has 1 heterocycles. The molecule has 0 spiro atoms. The number of hydrogen-bond acceptors (Lipinski definition) is 4. The number of carboxylic acid groups (broad SMARTS) is 1. The summed E-state index contributed by atoms with van der Waals surface area (Å²) in [6.45, 7) is 4.21. The molecule has 21 heavy (non-hydrogen) atoms. The van der Waals surface area contributed by atoms with E-state index in [4.69, 9.17) is 5.11 Å². The van der Waals surface area contributed by atoms with Crippen LogP contribution in [-0.4, -0.2) is 38.4 Å². The van der Waals surface area contributed by atoms with Gasteiger partial charge in [0.05, 0.1) is 16.8 Å². The van der Waals surface area contributed by atoms with Crippen molar-refractivity contribution in [2.24, 2.45) is 0 Å². The highest BCUT2D eigenvalue weighted by molar-refractivity contribution is 7.99. The minimum atomic E-state index is -0.813. The number of para-hydroxylation sites is 1. The predicted octanol–water partition coefficient (Wildman–Crippen LogP) is 3.84. The van der Waals surface area contributed by atoms with E-state index in [0.29, 0.717) is 6.04 Å². The van der Waals surface area contributed by atoms with Crippen LogP contribution in [0.15, 0.2) is 23.4 Å². The molecule has 6 heteroatoms. The number of rotatable bonds is 7. The third-order valence-corrected chi connectivity index (χ3v) is 4.98. The second-order valence-corrected chi connectivity index (χ2v) is 6.95. The molecular weight excluding hydrogens is 304 g/mol. The lowest BCUT2D eigenvalue weighted by Gasteiger charge is -2.16. The number of hydrogen-bond donors (Lipinski definition) is 1. The highest BCUT2D eigenvalue weighted by Crippen LogP contribution is 2.30. The van der Waals surface area contributed by atoms with E-state index in [-0.39, 0.29) is 5.75 Å². The molecule has 0 saturated carbocycles. The molecule has 0 fully saturated rings. The summed E-state index contributed by atoms with van der Waals surface area (Å²) >= 11 is 3.12. The molecule has 0 bridgehead atoms. The summed E-state index contributed by atoms with van der Waals surface area (Å²) in [5.74, 6) is 0.305. The molecule has 1 N–H and O–H groups in total. The Balaban J connectivity index is 2.44. The van der Waals surface area contributed by atoms with E-state index in [2.05, 4.69) is 28.8 Å². The Labute approximate surface area is 133 Å². The van der Waals surface area contributed by atoms with Gasteiger partial charge in [-0.3, -0.25) is 4.79 Å². The van der Waals surface area contributed by atoms with Crippen molar-refractivity contribution in [1.29, 1.82) is 0 Å². The van der Waals surface area contributed by atoms with Crippen LogP contribution in [0.2, 0.25) is 0 Å². The summed E-state index contributed by atoms with van der Waals surface area (Å²) in [6, 6.07) is 6.44. The van der Waals surface area contributed by atoms with Gasteiger partial charge in [-0.15, -0.1) is 0 Å². The van der Waals surface area contributed by atoms with Gasteiger partial charge < -0.3 is 9.67 Å². The number of carboxylic acids is 1. The van der Waals surface area contributed by atoms with E-state index >= 15 is 0 Å². The molecule has 4 nitrogen and oxygen atoms in total. The zero-order valence-corrected chi connectivity index (χ0v) is 14.1. The van der Waals surface area contributed by atoms with Gasteiger partial charge in [0, 0.05) is 6.04 Å². The van der Waals surface area contributed by atoms with Gasteiger partial charge in [-0.2, -0.15) is 11.8 Å². The third-order valence-electron chi connectivity index (χ3n) is 3.39. The Kier molecular flexibility index (Phi) is 5.58. The lowest BCUT2D eigenvalue weighted by Crippen LogP contribution is -2.09. The van der Waals surface area contributed by atoms with Gasteiger partial charge in [-0.25, -0.2) is 4.98 Å². The number of aryl methyl sites for hydroxylation is 1. The van der Waals surface area contributed by atoms with Crippen LogP contribution in [0.25, 0.3) is 11.0 Å². The van der Waals surface area contributed by atoms with Gasteiger partial charge >= 0.3 is 5.97 Å². The molecule has 2 aromatic rings. The lowest BCUT2D eigenvalue weighted by atomic mass is 10.2. The van der Waals surface area contributed by atoms with Gasteiger partial charge in [0.2, 0.25) is 0 Å². The molecule has 0 amide bonds. The molecule has 0 saturated heterocycles. The van der Waals surface area contributed by atoms with E-state index in [1.807, 2.05) is 30.8 Å². The molecule has 1 aromatic heterocycles. The second-order valence-electron chi connectivity index (χ2n) is 5.02. The fraction of sp³-hybridized carbons (Fsp3) is 0.467. The zero-order valence-electron chi connectivity index (χ0n) is 12.5. The molecule has 114 valence electrons. The van der Waals surface area contributed by atoms with Crippen molar-refractivity contribution < 1.29 is 9.90 Å². The summed E-state index contributed by atoms with van der Waals surface area (Å²) in [5, 5.41) is 9.72. The minimum Gasteiger partial charge on any atom is -0.481 e. The van der Waals surface area contributed by atoms with E-state index in [1.165, 1.54) is 11.8 Å². The second kappa shape index (κ2) is 7.22. The fourth-order valence-corrected chi connectivity index (χ4v) is 3.71. The number of imidazole rings is 1. The molecule has 0 radical (unpaired) electrons. The van der Waals surface area contributed by atoms with Crippen LogP contribution in [0.5, 0.6) is 0 Å². The maximum absolute atomic E-state index is 10.8. The predicted molar refractivity (Wildman–Crippen MR) is 90.5 cm³/mol. The Bertz CT molecular complexity index is 640. The number of carbonyl (C=O) groups is 1. The SMILES string of the molecule is CSCCC(C)n1c(SCC(=O)O)nc2c(C)cccc21.